The van der Waals surface area contributed by atoms with Crippen LogP contribution >= 0.6 is 23.4 Å². The van der Waals surface area contributed by atoms with Gasteiger partial charge in [-0.3, -0.25) is 14.4 Å². The molecular formula is C28H27ClF2N4O7S. The van der Waals surface area contributed by atoms with Crippen LogP contribution in [0.1, 0.15) is 33.3 Å². The lowest BCUT2D eigenvalue weighted by atomic mass is 10.1. The Morgan fingerprint density at radius 3 is 2.35 bits per heavy atom. The molecular weight excluding hydrogens is 610 g/mol. The lowest BCUT2D eigenvalue weighted by molar-refractivity contribution is -0.170. The van der Waals surface area contributed by atoms with Crippen LogP contribution in [-0.2, 0) is 39.9 Å². The third-order valence-corrected chi connectivity index (χ3v) is 7.18. The minimum absolute atomic E-state index is 0.125. The van der Waals surface area contributed by atoms with Crippen molar-refractivity contribution < 1.29 is 42.1 Å². The molecule has 0 saturated heterocycles. The van der Waals surface area contributed by atoms with Gasteiger partial charge in [0, 0.05) is 31.2 Å². The van der Waals surface area contributed by atoms with Gasteiger partial charge in [0.25, 0.3) is 0 Å². The fourth-order valence-electron chi connectivity index (χ4n) is 3.73. The van der Waals surface area contributed by atoms with E-state index in [2.05, 4.69) is 10.3 Å². The Bertz CT molecular complexity index is 1520. The molecule has 2 unspecified atom stereocenters. The van der Waals surface area contributed by atoms with E-state index in [1.165, 1.54) is 49.8 Å². The average molecular weight is 637 g/mol. The summed E-state index contributed by atoms with van der Waals surface area (Å²) in [4.78, 5) is 36.0. The van der Waals surface area contributed by atoms with Crippen molar-refractivity contribution in [3.8, 4) is 17.3 Å². The minimum atomic E-state index is -1.08. The van der Waals surface area contributed by atoms with E-state index >= 15 is 0 Å². The minimum Gasteiger partial charge on any atom is -0.463 e. The van der Waals surface area contributed by atoms with Crippen molar-refractivity contribution in [2.24, 2.45) is 0 Å². The Hall–Kier alpha value is -4.06. The summed E-state index contributed by atoms with van der Waals surface area (Å²) in [6.07, 6.45) is -1.54. The van der Waals surface area contributed by atoms with Gasteiger partial charge in [-0.1, -0.05) is 28.6 Å². The largest absolute Gasteiger partial charge is 0.463 e. The lowest BCUT2D eigenvalue weighted by Gasteiger charge is -2.32. The second-order valence-electron chi connectivity index (χ2n) is 9.13. The smallest absolute Gasteiger partial charge is 0.303 e. The zero-order chi connectivity index (χ0) is 31.7. The van der Waals surface area contributed by atoms with Crippen LogP contribution in [0.5, 0.6) is 0 Å². The first kappa shape index (κ1) is 33.4. The molecule has 11 nitrogen and oxygen atoms in total. The number of nitrogens with zero attached hydrogens (tertiary/aromatic N) is 4. The zero-order valence-electron chi connectivity index (χ0n) is 23.5. The van der Waals surface area contributed by atoms with Crippen LogP contribution in [0.4, 0.5) is 8.78 Å². The number of benzene rings is 2. The number of hydrogen-bond acceptors (Lipinski definition) is 11. The van der Waals surface area contributed by atoms with Crippen molar-refractivity contribution in [2.45, 2.75) is 62.9 Å². The fraction of sp³-hybridized carbons (Fsp3) is 0.357. The maximum atomic E-state index is 13.8. The highest BCUT2D eigenvalue weighted by atomic mass is 35.5. The Balaban J connectivity index is 1.99. The molecule has 0 N–H and O–H groups in total. The number of halogens is 3. The van der Waals surface area contributed by atoms with Crippen LogP contribution in [0.2, 0.25) is 5.02 Å². The third kappa shape index (κ3) is 10.0. The third-order valence-electron chi connectivity index (χ3n) is 5.69. The van der Waals surface area contributed by atoms with E-state index in [1.807, 2.05) is 6.07 Å². The summed E-state index contributed by atoms with van der Waals surface area (Å²) in [6, 6.07) is 9.89. The van der Waals surface area contributed by atoms with Crippen LogP contribution in [0.3, 0.4) is 0 Å². The lowest BCUT2D eigenvalue weighted by Crippen LogP contribution is -2.43. The van der Waals surface area contributed by atoms with E-state index in [0.29, 0.717) is 4.90 Å². The second kappa shape index (κ2) is 15.4. The molecule has 0 fully saturated rings. The van der Waals surface area contributed by atoms with Crippen molar-refractivity contribution in [1.82, 2.24) is 15.0 Å². The number of nitriles is 1. The quantitative estimate of drug-likeness (QED) is 0.111. The number of hydrogen-bond donors (Lipinski definition) is 0. The Morgan fingerprint density at radius 2 is 1.74 bits per heavy atom. The molecule has 1 heterocycles. The molecule has 0 aliphatic carbocycles. The molecule has 0 amide bonds. The molecule has 1 aromatic heterocycles. The summed E-state index contributed by atoms with van der Waals surface area (Å²) < 4.78 is 50.9. The summed E-state index contributed by atoms with van der Waals surface area (Å²) in [5, 5.41) is 17.5. The van der Waals surface area contributed by atoms with E-state index in [0.717, 1.165) is 23.9 Å². The van der Waals surface area contributed by atoms with Crippen LogP contribution in [-0.4, -0.2) is 63.3 Å². The summed E-state index contributed by atoms with van der Waals surface area (Å²) in [6.45, 7) is 4.73. The first-order chi connectivity index (χ1) is 20.4. The van der Waals surface area contributed by atoms with Gasteiger partial charge in [0.1, 0.15) is 36.0 Å². The van der Waals surface area contributed by atoms with Crippen molar-refractivity contribution >= 4 is 41.3 Å². The van der Waals surface area contributed by atoms with E-state index in [-0.39, 0.29) is 35.0 Å². The second-order valence-corrected chi connectivity index (χ2v) is 10.7. The van der Waals surface area contributed by atoms with Gasteiger partial charge in [0.2, 0.25) is 0 Å². The van der Waals surface area contributed by atoms with Crippen molar-refractivity contribution in [3.63, 3.8) is 0 Å². The van der Waals surface area contributed by atoms with Gasteiger partial charge >= 0.3 is 17.9 Å². The highest BCUT2D eigenvalue weighted by Crippen LogP contribution is 2.33. The normalized spacial score (nSPS) is 13.7. The molecule has 43 heavy (non-hydrogen) atoms. The van der Waals surface area contributed by atoms with Crippen molar-refractivity contribution in [2.75, 3.05) is 6.61 Å². The summed E-state index contributed by atoms with van der Waals surface area (Å²) >= 11 is 7.31. The molecule has 0 aliphatic rings. The Labute approximate surface area is 255 Å². The predicted octanol–water partition coefficient (Wildman–Crippen LogP) is 4.70. The van der Waals surface area contributed by atoms with E-state index < -0.39 is 53.3 Å². The van der Waals surface area contributed by atoms with Gasteiger partial charge in [0.05, 0.1) is 23.3 Å². The highest BCUT2D eigenvalue weighted by Gasteiger charge is 2.34. The average Bonchev–Trinajstić information content (AvgIpc) is 3.39. The molecule has 3 rings (SSSR count). The number of carbonyl (C=O) groups is 3. The standard InChI is InChI=1S/C28H27ClF2N4O7S/c1-15(40-17(3)37)27(14-39-16(2)36)42-28(43-21-7-5-20(11-32)22(29)10-21)26(41-18(4)38)13-35-12-25(33-34-35)19-6-8-23(30)24(31)9-19/h5-10,12,15,26-28H,13-14H2,1-4H3/t15-,26+,27?,28?/m1/s1. The first-order valence-electron chi connectivity index (χ1n) is 12.7. The number of carbonyl (C=O) groups excluding carboxylic acids is 3. The molecule has 2 aromatic carbocycles. The van der Waals surface area contributed by atoms with Crippen LogP contribution < -0.4 is 0 Å². The van der Waals surface area contributed by atoms with Crippen molar-refractivity contribution in [1.29, 1.82) is 5.26 Å². The Morgan fingerprint density at radius 1 is 1.02 bits per heavy atom. The molecule has 4 atom stereocenters. The monoisotopic (exact) mass is 636 g/mol. The molecule has 0 bridgehead atoms. The van der Waals surface area contributed by atoms with E-state index in [9.17, 15) is 28.4 Å². The first-order valence-corrected chi connectivity index (χ1v) is 14.0. The van der Waals surface area contributed by atoms with Crippen molar-refractivity contribution in [3.05, 3.63) is 64.8 Å². The van der Waals surface area contributed by atoms with Gasteiger partial charge in [-0.15, -0.1) is 5.10 Å². The molecule has 0 spiro atoms. The molecule has 15 heteroatoms. The molecule has 0 saturated carbocycles. The molecule has 3 aromatic rings. The Kier molecular flexibility index (Phi) is 12.0. The van der Waals surface area contributed by atoms with Crippen LogP contribution in [0, 0.1) is 23.0 Å². The number of rotatable bonds is 13. The van der Waals surface area contributed by atoms with E-state index in [1.54, 1.807) is 13.0 Å². The summed E-state index contributed by atoms with van der Waals surface area (Å²) in [7, 11) is 0. The zero-order valence-corrected chi connectivity index (χ0v) is 25.0. The molecule has 0 aliphatic heterocycles. The topological polar surface area (TPSA) is 143 Å². The maximum Gasteiger partial charge on any atom is 0.303 e. The summed E-state index contributed by atoms with van der Waals surface area (Å²) in [5.41, 5.74) is -0.327. The van der Waals surface area contributed by atoms with Crippen LogP contribution in [0.25, 0.3) is 11.3 Å². The van der Waals surface area contributed by atoms with Gasteiger partial charge in [-0.2, -0.15) is 5.26 Å². The van der Waals surface area contributed by atoms with Crippen LogP contribution in [0.15, 0.2) is 47.5 Å². The fourth-order valence-corrected chi connectivity index (χ4v) is 5.11. The van der Waals surface area contributed by atoms with Gasteiger partial charge in [-0.25, -0.2) is 13.5 Å². The van der Waals surface area contributed by atoms with Gasteiger partial charge in [-0.05, 0) is 43.3 Å². The number of esters is 3. The van der Waals surface area contributed by atoms with Gasteiger partial charge in [0.15, 0.2) is 17.7 Å². The number of thioether (sulfide) groups is 1. The maximum absolute atomic E-state index is 13.8. The highest BCUT2D eigenvalue weighted by molar-refractivity contribution is 7.99. The molecule has 0 radical (unpaired) electrons. The SMILES string of the molecule is CC(=O)OCC(OC(Sc1ccc(C#N)c(Cl)c1)[C@H](Cn1cc(-c2ccc(F)c(F)c2)nn1)OC(C)=O)[C@@H](C)OC(C)=O. The van der Waals surface area contributed by atoms with E-state index in [4.69, 9.17) is 30.5 Å². The predicted molar refractivity (Wildman–Crippen MR) is 149 cm³/mol. The number of aromatic nitrogens is 3. The van der Waals surface area contributed by atoms with Gasteiger partial charge < -0.3 is 18.9 Å². The summed E-state index contributed by atoms with van der Waals surface area (Å²) in [5.74, 6) is -3.94. The number of ether oxygens (including phenoxy) is 4. The molecule has 228 valence electrons.